The van der Waals surface area contributed by atoms with Crippen molar-refractivity contribution in [1.29, 1.82) is 0 Å². The molecule has 1 aliphatic heterocycles. The first-order valence-electron chi connectivity index (χ1n) is 8.04. The lowest BCUT2D eigenvalue weighted by Gasteiger charge is -2.36. The van der Waals surface area contributed by atoms with Crippen LogP contribution in [0.1, 0.15) is 30.1 Å². The van der Waals surface area contributed by atoms with Gasteiger partial charge in [-0.3, -0.25) is 9.59 Å². The van der Waals surface area contributed by atoms with Gasteiger partial charge in [0.2, 0.25) is 5.91 Å². The van der Waals surface area contributed by atoms with Crippen LogP contribution < -0.4 is 5.73 Å². The summed E-state index contributed by atoms with van der Waals surface area (Å²) in [6.07, 6.45) is 4.57. The first-order chi connectivity index (χ1) is 11.6. The van der Waals surface area contributed by atoms with Crippen LogP contribution in [0.5, 0.6) is 0 Å². The number of primary amides is 1. The minimum Gasteiger partial charge on any atom is -0.369 e. The fourth-order valence-electron chi connectivity index (χ4n) is 2.96. The van der Waals surface area contributed by atoms with Crippen molar-refractivity contribution in [2.24, 2.45) is 11.7 Å². The number of hydrogen-bond acceptors (Lipinski definition) is 4. The molecule has 6 heteroatoms. The van der Waals surface area contributed by atoms with Crippen LogP contribution >= 0.6 is 0 Å². The minimum atomic E-state index is -0.352. The maximum absolute atomic E-state index is 12.7. The smallest absolute Gasteiger partial charge is 0.257 e. The van der Waals surface area contributed by atoms with Crippen LogP contribution in [0.3, 0.4) is 0 Å². The molecule has 3 rings (SSSR count). The van der Waals surface area contributed by atoms with E-state index in [1.165, 1.54) is 12.4 Å². The van der Waals surface area contributed by atoms with E-state index in [0.29, 0.717) is 17.9 Å². The number of amides is 2. The molecule has 124 valence electrons. The van der Waals surface area contributed by atoms with Crippen LogP contribution in [0.2, 0.25) is 0 Å². The molecule has 2 N–H and O–H groups in total. The Labute approximate surface area is 140 Å². The lowest BCUT2D eigenvalue weighted by atomic mass is 9.92. The Morgan fingerprint density at radius 1 is 1.12 bits per heavy atom. The monoisotopic (exact) mass is 324 g/mol. The zero-order valence-corrected chi connectivity index (χ0v) is 13.6. The summed E-state index contributed by atoms with van der Waals surface area (Å²) in [5, 5.41) is 0. The molecule has 2 atom stereocenters. The molecule has 0 unspecified atom stereocenters. The van der Waals surface area contributed by atoms with Gasteiger partial charge in [-0.05, 0) is 19.8 Å². The molecule has 0 bridgehead atoms. The number of benzene rings is 1. The molecule has 0 spiro atoms. The Kier molecular flexibility index (Phi) is 4.55. The van der Waals surface area contributed by atoms with Gasteiger partial charge in [0.25, 0.3) is 5.91 Å². The molecular weight excluding hydrogens is 304 g/mol. The Balaban J connectivity index is 1.78. The van der Waals surface area contributed by atoms with Crippen molar-refractivity contribution in [3.05, 3.63) is 48.3 Å². The highest BCUT2D eigenvalue weighted by molar-refractivity contribution is 5.94. The number of likely N-dealkylation sites (tertiary alicyclic amines) is 1. The Morgan fingerprint density at radius 3 is 2.42 bits per heavy atom. The van der Waals surface area contributed by atoms with Crippen LogP contribution in [0.15, 0.2) is 42.7 Å². The van der Waals surface area contributed by atoms with Crippen molar-refractivity contribution in [3.8, 4) is 11.4 Å². The van der Waals surface area contributed by atoms with Crippen molar-refractivity contribution in [3.63, 3.8) is 0 Å². The largest absolute Gasteiger partial charge is 0.369 e. The second kappa shape index (κ2) is 6.78. The lowest BCUT2D eigenvalue weighted by Crippen LogP contribution is -2.48. The molecule has 1 aromatic heterocycles. The van der Waals surface area contributed by atoms with Crippen LogP contribution in [-0.4, -0.2) is 39.3 Å². The van der Waals surface area contributed by atoms with Gasteiger partial charge in [-0.2, -0.15) is 0 Å². The second-order valence-electron chi connectivity index (χ2n) is 6.14. The predicted octanol–water partition coefficient (Wildman–Crippen LogP) is 1.87. The molecule has 0 aliphatic carbocycles. The third-order valence-electron chi connectivity index (χ3n) is 4.48. The Bertz CT molecular complexity index is 730. The molecule has 1 saturated heterocycles. The van der Waals surface area contributed by atoms with Gasteiger partial charge in [0.1, 0.15) is 0 Å². The molecular formula is C18H20N4O2. The van der Waals surface area contributed by atoms with E-state index < -0.39 is 0 Å². The van der Waals surface area contributed by atoms with Gasteiger partial charge in [-0.1, -0.05) is 30.3 Å². The number of hydrogen-bond donors (Lipinski definition) is 1. The molecule has 1 aromatic carbocycles. The average Bonchev–Trinajstić information content (AvgIpc) is 2.62. The standard InChI is InChI=1S/C18H20N4O2/c1-12-7-8-14(16(19)23)11-22(12)18(24)15-9-20-17(21-10-15)13-5-3-2-4-6-13/h2-6,9-10,12,14H,7-8,11H2,1H3,(H2,19,23)/t12-,14+/m0/s1. The average molecular weight is 324 g/mol. The van der Waals surface area contributed by atoms with E-state index in [9.17, 15) is 9.59 Å². The molecule has 2 heterocycles. The third-order valence-corrected chi connectivity index (χ3v) is 4.48. The number of carbonyl (C=O) groups is 2. The van der Waals surface area contributed by atoms with E-state index in [1.54, 1.807) is 4.90 Å². The number of nitrogens with two attached hydrogens (primary N) is 1. The fraction of sp³-hybridized carbons (Fsp3) is 0.333. The number of piperidine rings is 1. The van der Waals surface area contributed by atoms with Crippen molar-refractivity contribution in [1.82, 2.24) is 14.9 Å². The Hall–Kier alpha value is -2.76. The Morgan fingerprint density at radius 2 is 1.79 bits per heavy atom. The molecule has 1 fully saturated rings. The summed E-state index contributed by atoms with van der Waals surface area (Å²) >= 11 is 0. The normalized spacial score (nSPS) is 20.6. The molecule has 2 aromatic rings. The number of carbonyl (C=O) groups excluding carboxylic acids is 2. The summed E-state index contributed by atoms with van der Waals surface area (Å²) in [4.78, 5) is 34.4. The number of aromatic nitrogens is 2. The van der Waals surface area contributed by atoms with Crippen LogP contribution in [0.25, 0.3) is 11.4 Å². The van der Waals surface area contributed by atoms with Crippen molar-refractivity contribution >= 4 is 11.8 Å². The van der Waals surface area contributed by atoms with Crippen LogP contribution in [0.4, 0.5) is 0 Å². The van der Waals surface area contributed by atoms with Gasteiger partial charge in [-0.15, -0.1) is 0 Å². The summed E-state index contributed by atoms with van der Waals surface area (Å²) in [5.74, 6) is -0.216. The maximum atomic E-state index is 12.7. The summed E-state index contributed by atoms with van der Waals surface area (Å²) in [6.45, 7) is 2.34. The van der Waals surface area contributed by atoms with Gasteiger partial charge >= 0.3 is 0 Å². The van der Waals surface area contributed by atoms with E-state index in [0.717, 1.165) is 18.4 Å². The highest BCUT2D eigenvalue weighted by atomic mass is 16.2. The van der Waals surface area contributed by atoms with Gasteiger partial charge in [0.05, 0.1) is 11.5 Å². The van der Waals surface area contributed by atoms with Crippen molar-refractivity contribution < 1.29 is 9.59 Å². The maximum Gasteiger partial charge on any atom is 0.257 e. The molecule has 0 radical (unpaired) electrons. The second-order valence-corrected chi connectivity index (χ2v) is 6.14. The number of nitrogens with zero attached hydrogens (tertiary/aromatic N) is 3. The lowest BCUT2D eigenvalue weighted by molar-refractivity contribution is -0.123. The molecule has 6 nitrogen and oxygen atoms in total. The molecule has 2 amide bonds. The van der Waals surface area contributed by atoms with E-state index >= 15 is 0 Å². The van der Waals surface area contributed by atoms with Crippen molar-refractivity contribution in [2.45, 2.75) is 25.8 Å². The molecule has 24 heavy (non-hydrogen) atoms. The predicted molar refractivity (Wildman–Crippen MR) is 89.9 cm³/mol. The zero-order chi connectivity index (χ0) is 17.1. The van der Waals surface area contributed by atoms with Gasteiger partial charge < -0.3 is 10.6 Å². The van der Waals surface area contributed by atoms with Crippen LogP contribution in [-0.2, 0) is 4.79 Å². The zero-order valence-electron chi connectivity index (χ0n) is 13.6. The van der Waals surface area contributed by atoms with E-state index in [4.69, 9.17) is 5.73 Å². The van der Waals surface area contributed by atoms with Gasteiger partial charge in [-0.25, -0.2) is 9.97 Å². The number of rotatable bonds is 3. The van der Waals surface area contributed by atoms with E-state index in [2.05, 4.69) is 9.97 Å². The first-order valence-corrected chi connectivity index (χ1v) is 8.04. The topological polar surface area (TPSA) is 89.2 Å². The molecule has 0 saturated carbocycles. The summed E-state index contributed by atoms with van der Waals surface area (Å²) in [7, 11) is 0. The quantitative estimate of drug-likeness (QED) is 0.933. The van der Waals surface area contributed by atoms with Crippen LogP contribution in [0, 0.1) is 5.92 Å². The van der Waals surface area contributed by atoms with Gasteiger partial charge in [0, 0.05) is 30.5 Å². The first kappa shape index (κ1) is 16.1. The highest BCUT2D eigenvalue weighted by Crippen LogP contribution is 2.23. The summed E-state index contributed by atoms with van der Waals surface area (Å²) in [6, 6.07) is 9.66. The fourth-order valence-corrected chi connectivity index (χ4v) is 2.96. The minimum absolute atomic E-state index is 0.0712. The van der Waals surface area contributed by atoms with E-state index in [-0.39, 0.29) is 23.8 Å². The molecule has 1 aliphatic rings. The summed E-state index contributed by atoms with van der Waals surface area (Å²) in [5.41, 5.74) is 6.72. The van der Waals surface area contributed by atoms with Gasteiger partial charge in [0.15, 0.2) is 5.82 Å². The van der Waals surface area contributed by atoms with E-state index in [1.807, 2.05) is 37.3 Å². The SMILES string of the molecule is C[C@H]1CC[C@@H](C(N)=O)CN1C(=O)c1cnc(-c2ccccc2)nc1. The highest BCUT2D eigenvalue weighted by Gasteiger charge is 2.32. The summed E-state index contributed by atoms with van der Waals surface area (Å²) < 4.78 is 0. The van der Waals surface area contributed by atoms with Crippen molar-refractivity contribution in [2.75, 3.05) is 6.54 Å². The third kappa shape index (κ3) is 3.27.